The van der Waals surface area contributed by atoms with Gasteiger partial charge in [-0.05, 0) is 19.1 Å². The van der Waals surface area contributed by atoms with Crippen molar-refractivity contribution in [2.45, 2.75) is 6.92 Å². The molecule has 0 aromatic heterocycles. The molecule has 4 nitrogen and oxygen atoms in total. The van der Waals surface area contributed by atoms with E-state index in [1.165, 1.54) is 6.08 Å². The number of esters is 1. The maximum atomic E-state index is 11.2. The highest BCUT2D eigenvalue weighted by Gasteiger charge is 2.13. The molecular formula is C13H14O4. The second-order valence-electron chi connectivity index (χ2n) is 3.46. The van der Waals surface area contributed by atoms with Crippen LogP contribution in [0.2, 0.25) is 0 Å². The second kappa shape index (κ2) is 5.39. The third-order valence-electron chi connectivity index (χ3n) is 2.28. The van der Waals surface area contributed by atoms with Gasteiger partial charge in [0.05, 0.1) is 6.61 Å². The summed E-state index contributed by atoms with van der Waals surface area (Å²) in [6, 6.07) is 5.57. The van der Waals surface area contributed by atoms with Crippen LogP contribution in [0.1, 0.15) is 12.5 Å². The van der Waals surface area contributed by atoms with E-state index in [-0.39, 0.29) is 5.97 Å². The SMILES string of the molecule is CCOC(=O)/C=C/c1cccc2c1OCCO2. The van der Waals surface area contributed by atoms with Gasteiger partial charge in [0, 0.05) is 11.6 Å². The molecule has 1 aliphatic heterocycles. The fraction of sp³-hybridized carbons (Fsp3) is 0.308. The van der Waals surface area contributed by atoms with E-state index >= 15 is 0 Å². The van der Waals surface area contributed by atoms with Crippen molar-refractivity contribution < 1.29 is 19.0 Å². The van der Waals surface area contributed by atoms with Crippen LogP contribution in [0.4, 0.5) is 0 Å². The Bertz CT molecular complexity index is 437. The molecule has 0 amide bonds. The minimum absolute atomic E-state index is 0.359. The van der Waals surface area contributed by atoms with Gasteiger partial charge in [0.25, 0.3) is 0 Å². The number of carbonyl (C=O) groups excluding carboxylic acids is 1. The lowest BCUT2D eigenvalue weighted by molar-refractivity contribution is -0.137. The third kappa shape index (κ3) is 2.78. The van der Waals surface area contributed by atoms with Crippen LogP contribution in [-0.4, -0.2) is 25.8 Å². The summed E-state index contributed by atoms with van der Waals surface area (Å²) in [6.45, 7) is 3.22. The number of carbonyl (C=O) groups is 1. The maximum absolute atomic E-state index is 11.2. The van der Waals surface area contributed by atoms with E-state index in [1.54, 1.807) is 13.0 Å². The molecule has 0 unspecified atom stereocenters. The number of benzene rings is 1. The summed E-state index contributed by atoms with van der Waals surface area (Å²) >= 11 is 0. The van der Waals surface area contributed by atoms with Gasteiger partial charge >= 0.3 is 5.97 Å². The zero-order chi connectivity index (χ0) is 12.1. The second-order valence-corrected chi connectivity index (χ2v) is 3.46. The fourth-order valence-electron chi connectivity index (χ4n) is 1.58. The van der Waals surface area contributed by atoms with Crippen molar-refractivity contribution >= 4 is 12.0 Å². The van der Waals surface area contributed by atoms with Gasteiger partial charge in [-0.25, -0.2) is 4.79 Å². The zero-order valence-electron chi connectivity index (χ0n) is 9.64. The lowest BCUT2D eigenvalue weighted by atomic mass is 10.1. The number of ether oxygens (including phenoxy) is 3. The van der Waals surface area contributed by atoms with E-state index in [9.17, 15) is 4.79 Å². The number of hydrogen-bond donors (Lipinski definition) is 0. The van der Waals surface area contributed by atoms with Crippen molar-refractivity contribution in [3.05, 3.63) is 29.8 Å². The minimum atomic E-state index is -0.359. The zero-order valence-corrected chi connectivity index (χ0v) is 9.64. The van der Waals surface area contributed by atoms with Gasteiger partial charge in [-0.1, -0.05) is 12.1 Å². The molecule has 0 saturated heterocycles. The van der Waals surface area contributed by atoms with E-state index in [4.69, 9.17) is 14.2 Å². The van der Waals surface area contributed by atoms with Crippen LogP contribution in [-0.2, 0) is 9.53 Å². The average Bonchev–Trinajstić information content (AvgIpc) is 2.36. The van der Waals surface area contributed by atoms with Gasteiger partial charge in [0.1, 0.15) is 13.2 Å². The Morgan fingerprint density at radius 1 is 1.41 bits per heavy atom. The molecule has 0 spiro atoms. The number of hydrogen-bond acceptors (Lipinski definition) is 4. The molecule has 0 aliphatic carbocycles. The minimum Gasteiger partial charge on any atom is -0.486 e. The normalized spacial score (nSPS) is 13.7. The molecule has 0 radical (unpaired) electrons. The Labute approximate surface area is 99.8 Å². The van der Waals surface area contributed by atoms with Gasteiger partial charge in [-0.2, -0.15) is 0 Å². The number of para-hydroxylation sites is 1. The molecule has 17 heavy (non-hydrogen) atoms. The van der Waals surface area contributed by atoms with Gasteiger partial charge in [0.15, 0.2) is 11.5 Å². The lowest BCUT2D eigenvalue weighted by Gasteiger charge is -2.19. The van der Waals surface area contributed by atoms with E-state index in [2.05, 4.69) is 0 Å². The highest BCUT2D eigenvalue weighted by molar-refractivity contribution is 5.87. The van der Waals surface area contributed by atoms with Crippen LogP contribution in [0, 0.1) is 0 Å². The largest absolute Gasteiger partial charge is 0.486 e. The summed E-state index contributed by atoms with van der Waals surface area (Å²) < 4.78 is 15.8. The molecule has 0 N–H and O–H groups in total. The molecule has 90 valence electrons. The van der Waals surface area contributed by atoms with Crippen molar-refractivity contribution in [1.82, 2.24) is 0 Å². The fourth-order valence-corrected chi connectivity index (χ4v) is 1.58. The molecule has 1 heterocycles. The number of fused-ring (bicyclic) bond motifs is 1. The molecule has 1 aliphatic rings. The Morgan fingerprint density at radius 2 is 2.24 bits per heavy atom. The summed E-state index contributed by atoms with van der Waals surface area (Å²) in [5.74, 6) is 1.03. The Balaban J connectivity index is 2.18. The van der Waals surface area contributed by atoms with E-state index in [1.807, 2.05) is 18.2 Å². The predicted octanol–water partition coefficient (Wildman–Crippen LogP) is 2.03. The first-order valence-electron chi connectivity index (χ1n) is 5.54. The van der Waals surface area contributed by atoms with E-state index in [0.29, 0.717) is 31.3 Å². The smallest absolute Gasteiger partial charge is 0.330 e. The Hall–Kier alpha value is -1.97. The summed E-state index contributed by atoms with van der Waals surface area (Å²) in [7, 11) is 0. The molecule has 4 heteroatoms. The first kappa shape index (κ1) is 11.5. The van der Waals surface area contributed by atoms with Crippen LogP contribution < -0.4 is 9.47 Å². The molecule has 0 bridgehead atoms. The van der Waals surface area contributed by atoms with Crippen LogP contribution in [0.25, 0.3) is 6.08 Å². The average molecular weight is 234 g/mol. The Kier molecular flexibility index (Phi) is 3.65. The van der Waals surface area contributed by atoms with Gasteiger partial charge in [0.2, 0.25) is 0 Å². The molecule has 0 saturated carbocycles. The van der Waals surface area contributed by atoms with Crippen molar-refractivity contribution in [2.24, 2.45) is 0 Å². The van der Waals surface area contributed by atoms with Crippen molar-refractivity contribution in [1.29, 1.82) is 0 Å². The topological polar surface area (TPSA) is 44.8 Å². The monoisotopic (exact) mass is 234 g/mol. The van der Waals surface area contributed by atoms with Crippen LogP contribution in [0.3, 0.4) is 0 Å². The molecule has 0 atom stereocenters. The molecule has 0 fully saturated rings. The molecule has 1 aromatic carbocycles. The summed E-state index contributed by atoms with van der Waals surface area (Å²) in [4.78, 5) is 11.2. The van der Waals surface area contributed by atoms with Crippen LogP contribution in [0.15, 0.2) is 24.3 Å². The standard InChI is InChI=1S/C13H14O4/c1-2-15-12(14)7-6-10-4-3-5-11-13(10)17-9-8-16-11/h3-7H,2,8-9H2,1H3/b7-6+. The quantitative estimate of drug-likeness (QED) is 0.593. The van der Waals surface area contributed by atoms with Crippen LogP contribution in [0.5, 0.6) is 11.5 Å². The van der Waals surface area contributed by atoms with Gasteiger partial charge < -0.3 is 14.2 Å². The van der Waals surface area contributed by atoms with E-state index < -0.39 is 0 Å². The lowest BCUT2D eigenvalue weighted by Crippen LogP contribution is -2.15. The van der Waals surface area contributed by atoms with Gasteiger partial charge in [-0.3, -0.25) is 0 Å². The van der Waals surface area contributed by atoms with Crippen molar-refractivity contribution in [3.8, 4) is 11.5 Å². The molecule has 2 rings (SSSR count). The van der Waals surface area contributed by atoms with Crippen LogP contribution >= 0.6 is 0 Å². The third-order valence-corrected chi connectivity index (χ3v) is 2.28. The summed E-state index contributed by atoms with van der Waals surface area (Å²) in [6.07, 6.45) is 3.06. The maximum Gasteiger partial charge on any atom is 0.330 e. The highest BCUT2D eigenvalue weighted by Crippen LogP contribution is 2.34. The first-order chi connectivity index (χ1) is 8.31. The van der Waals surface area contributed by atoms with Crippen molar-refractivity contribution in [2.75, 3.05) is 19.8 Å². The highest BCUT2D eigenvalue weighted by atomic mass is 16.6. The number of rotatable bonds is 3. The molecular weight excluding hydrogens is 220 g/mol. The molecule has 1 aromatic rings. The Morgan fingerprint density at radius 3 is 3.06 bits per heavy atom. The van der Waals surface area contributed by atoms with Crippen molar-refractivity contribution in [3.63, 3.8) is 0 Å². The van der Waals surface area contributed by atoms with Gasteiger partial charge in [-0.15, -0.1) is 0 Å². The predicted molar refractivity (Wildman–Crippen MR) is 63.1 cm³/mol. The summed E-state index contributed by atoms with van der Waals surface area (Å²) in [5.41, 5.74) is 0.815. The first-order valence-corrected chi connectivity index (χ1v) is 5.54. The summed E-state index contributed by atoms with van der Waals surface area (Å²) in [5, 5.41) is 0. The van der Waals surface area contributed by atoms with E-state index in [0.717, 1.165) is 5.56 Å².